The number of para-hydroxylation sites is 1. The van der Waals surface area contributed by atoms with Crippen LogP contribution in [-0.2, 0) is 16.1 Å². The van der Waals surface area contributed by atoms with Gasteiger partial charge in [0.05, 0.1) is 12.5 Å². The van der Waals surface area contributed by atoms with E-state index >= 15 is 0 Å². The van der Waals surface area contributed by atoms with Crippen LogP contribution in [0, 0.1) is 0 Å². The number of benzene rings is 2. The number of rotatable bonds is 7. The lowest BCUT2D eigenvalue weighted by molar-refractivity contribution is -0.134. The second-order valence-corrected chi connectivity index (χ2v) is 7.27. The summed E-state index contributed by atoms with van der Waals surface area (Å²) in [5, 5.41) is 5.73. The maximum atomic E-state index is 12.4. The van der Waals surface area contributed by atoms with Gasteiger partial charge in [0.1, 0.15) is 11.5 Å². The molecule has 148 valence electrons. The first-order valence-electron chi connectivity index (χ1n) is 9.64. The van der Waals surface area contributed by atoms with Gasteiger partial charge in [0.2, 0.25) is 11.8 Å². The lowest BCUT2D eigenvalue weighted by Gasteiger charge is -2.34. The summed E-state index contributed by atoms with van der Waals surface area (Å²) in [7, 11) is 0. The average Bonchev–Trinajstić information content (AvgIpc) is 2.65. The summed E-state index contributed by atoms with van der Waals surface area (Å²) in [6.07, 6.45) is 0.157. The predicted molar refractivity (Wildman–Crippen MR) is 108 cm³/mol. The van der Waals surface area contributed by atoms with Crippen molar-refractivity contribution < 1.29 is 14.3 Å². The molecule has 2 aromatic carbocycles. The van der Waals surface area contributed by atoms with Crippen LogP contribution in [0.5, 0.6) is 11.5 Å². The highest BCUT2D eigenvalue weighted by atomic mass is 16.5. The summed E-state index contributed by atoms with van der Waals surface area (Å²) in [4.78, 5) is 26.6. The third-order valence-electron chi connectivity index (χ3n) is 4.53. The molecule has 1 atom stereocenters. The van der Waals surface area contributed by atoms with E-state index < -0.39 is 6.04 Å². The van der Waals surface area contributed by atoms with Crippen molar-refractivity contribution in [3.05, 3.63) is 60.2 Å². The average molecular weight is 381 g/mol. The highest BCUT2D eigenvalue weighted by Crippen LogP contribution is 2.23. The van der Waals surface area contributed by atoms with Crippen molar-refractivity contribution in [2.45, 2.75) is 38.9 Å². The van der Waals surface area contributed by atoms with Crippen LogP contribution in [0.25, 0.3) is 0 Å². The van der Waals surface area contributed by atoms with Gasteiger partial charge >= 0.3 is 0 Å². The van der Waals surface area contributed by atoms with E-state index in [0.29, 0.717) is 19.6 Å². The number of ether oxygens (including phenoxy) is 1. The van der Waals surface area contributed by atoms with Gasteiger partial charge in [-0.15, -0.1) is 0 Å². The number of hydrogen-bond donors (Lipinski definition) is 2. The lowest BCUT2D eigenvalue weighted by Crippen LogP contribution is -2.56. The van der Waals surface area contributed by atoms with Crippen molar-refractivity contribution in [3.63, 3.8) is 0 Å². The molecule has 0 spiro atoms. The molecule has 0 bridgehead atoms. The summed E-state index contributed by atoms with van der Waals surface area (Å²) in [5.74, 6) is 1.32. The van der Waals surface area contributed by atoms with Crippen molar-refractivity contribution in [1.29, 1.82) is 0 Å². The van der Waals surface area contributed by atoms with E-state index in [0.717, 1.165) is 17.1 Å². The van der Waals surface area contributed by atoms with E-state index in [1.165, 1.54) is 0 Å². The fourth-order valence-electron chi connectivity index (χ4n) is 3.30. The molecule has 0 saturated carbocycles. The monoisotopic (exact) mass is 381 g/mol. The number of hydrogen-bond acceptors (Lipinski definition) is 4. The minimum atomic E-state index is -0.466. The first-order valence-corrected chi connectivity index (χ1v) is 9.64. The molecular weight excluding hydrogens is 354 g/mol. The van der Waals surface area contributed by atoms with Crippen LogP contribution in [0.1, 0.15) is 25.8 Å². The summed E-state index contributed by atoms with van der Waals surface area (Å²) in [6, 6.07) is 17.0. The predicted octanol–water partition coefficient (Wildman–Crippen LogP) is 2.69. The van der Waals surface area contributed by atoms with Crippen LogP contribution in [0.2, 0.25) is 0 Å². The summed E-state index contributed by atoms with van der Waals surface area (Å²) in [5.41, 5.74) is 1.04. The van der Waals surface area contributed by atoms with Crippen LogP contribution >= 0.6 is 0 Å². The Morgan fingerprint density at radius 1 is 1.18 bits per heavy atom. The van der Waals surface area contributed by atoms with Crippen LogP contribution in [0.3, 0.4) is 0 Å². The zero-order chi connectivity index (χ0) is 19.9. The normalized spacial score (nSPS) is 17.2. The molecule has 3 rings (SSSR count). The Morgan fingerprint density at radius 3 is 2.68 bits per heavy atom. The molecule has 1 aliphatic heterocycles. The molecule has 0 aromatic heterocycles. The van der Waals surface area contributed by atoms with Gasteiger partial charge in [-0.05, 0) is 43.7 Å². The molecule has 6 heteroatoms. The first-order chi connectivity index (χ1) is 13.5. The molecule has 0 unspecified atom stereocenters. The van der Waals surface area contributed by atoms with Crippen molar-refractivity contribution in [3.8, 4) is 11.5 Å². The summed E-state index contributed by atoms with van der Waals surface area (Å²) < 4.78 is 5.90. The van der Waals surface area contributed by atoms with Gasteiger partial charge in [-0.1, -0.05) is 30.3 Å². The molecule has 28 heavy (non-hydrogen) atoms. The number of carbonyl (C=O) groups excluding carboxylic acids is 2. The summed E-state index contributed by atoms with van der Waals surface area (Å²) >= 11 is 0. The van der Waals surface area contributed by atoms with Gasteiger partial charge in [-0.25, -0.2) is 0 Å². The van der Waals surface area contributed by atoms with Crippen molar-refractivity contribution in [2.75, 3.05) is 13.1 Å². The molecule has 1 aliphatic rings. The standard InChI is InChI=1S/C22H27N3O3/c1-16(2)24-21(26)14-20-22(27)23-11-12-25(20)15-17-7-6-10-19(13-17)28-18-8-4-3-5-9-18/h3-10,13,16,20H,11-12,14-15H2,1-2H3,(H,23,27)(H,24,26)/t20-/m0/s1. The number of nitrogens with one attached hydrogen (secondary N) is 2. The fourth-order valence-corrected chi connectivity index (χ4v) is 3.30. The van der Waals surface area contributed by atoms with Crippen molar-refractivity contribution in [1.82, 2.24) is 15.5 Å². The minimum absolute atomic E-state index is 0.0550. The SMILES string of the molecule is CC(C)NC(=O)C[C@H]1C(=O)NCCN1Cc1cccc(Oc2ccccc2)c1. The first kappa shape index (κ1) is 19.9. The van der Waals surface area contributed by atoms with Gasteiger partial charge in [-0.2, -0.15) is 0 Å². The Hall–Kier alpha value is -2.86. The van der Waals surface area contributed by atoms with Gasteiger partial charge in [0.15, 0.2) is 0 Å². The molecular formula is C22H27N3O3. The second-order valence-electron chi connectivity index (χ2n) is 7.27. The van der Waals surface area contributed by atoms with E-state index in [1.807, 2.05) is 68.4 Å². The topological polar surface area (TPSA) is 70.7 Å². The van der Waals surface area contributed by atoms with Gasteiger partial charge in [0, 0.05) is 25.7 Å². The molecule has 1 heterocycles. The van der Waals surface area contributed by atoms with Gasteiger partial charge < -0.3 is 15.4 Å². The molecule has 2 N–H and O–H groups in total. The van der Waals surface area contributed by atoms with Gasteiger partial charge in [0.25, 0.3) is 0 Å². The highest BCUT2D eigenvalue weighted by Gasteiger charge is 2.31. The molecule has 1 fully saturated rings. The minimum Gasteiger partial charge on any atom is -0.457 e. The third-order valence-corrected chi connectivity index (χ3v) is 4.53. The van der Waals surface area contributed by atoms with E-state index in [2.05, 4.69) is 15.5 Å². The maximum absolute atomic E-state index is 12.4. The molecule has 0 aliphatic carbocycles. The highest BCUT2D eigenvalue weighted by molar-refractivity contribution is 5.88. The van der Waals surface area contributed by atoms with Gasteiger partial charge in [-0.3, -0.25) is 14.5 Å². The largest absolute Gasteiger partial charge is 0.457 e. The quantitative estimate of drug-likeness (QED) is 0.774. The zero-order valence-electron chi connectivity index (χ0n) is 16.4. The number of piperazine rings is 1. The Bertz CT molecular complexity index is 808. The van der Waals surface area contributed by atoms with Crippen molar-refractivity contribution >= 4 is 11.8 Å². The lowest BCUT2D eigenvalue weighted by atomic mass is 10.1. The maximum Gasteiger partial charge on any atom is 0.237 e. The Balaban J connectivity index is 1.69. The Labute approximate surface area is 165 Å². The smallest absolute Gasteiger partial charge is 0.237 e. The van der Waals surface area contributed by atoms with Crippen LogP contribution in [-0.4, -0.2) is 41.9 Å². The Kier molecular flexibility index (Phi) is 6.66. The molecule has 2 amide bonds. The number of nitrogens with zero attached hydrogens (tertiary/aromatic N) is 1. The molecule has 6 nitrogen and oxygen atoms in total. The number of amides is 2. The second kappa shape index (κ2) is 9.37. The van der Waals surface area contributed by atoms with E-state index in [1.54, 1.807) is 0 Å². The fraction of sp³-hybridized carbons (Fsp3) is 0.364. The van der Waals surface area contributed by atoms with Crippen molar-refractivity contribution in [2.24, 2.45) is 0 Å². The van der Waals surface area contributed by atoms with Crippen LogP contribution in [0.4, 0.5) is 0 Å². The zero-order valence-corrected chi connectivity index (χ0v) is 16.4. The number of carbonyl (C=O) groups is 2. The third kappa shape index (κ3) is 5.57. The molecule has 1 saturated heterocycles. The summed E-state index contributed by atoms with van der Waals surface area (Å²) in [6.45, 7) is 5.69. The Morgan fingerprint density at radius 2 is 1.93 bits per heavy atom. The van der Waals surface area contributed by atoms with E-state index in [9.17, 15) is 9.59 Å². The molecule has 0 radical (unpaired) electrons. The van der Waals surface area contributed by atoms with Crippen LogP contribution < -0.4 is 15.4 Å². The van der Waals surface area contributed by atoms with E-state index in [-0.39, 0.29) is 24.3 Å². The molecule has 2 aromatic rings. The van der Waals surface area contributed by atoms with E-state index in [4.69, 9.17) is 4.74 Å². The van der Waals surface area contributed by atoms with Crippen LogP contribution in [0.15, 0.2) is 54.6 Å².